The summed E-state index contributed by atoms with van der Waals surface area (Å²) in [5.41, 5.74) is 0. The number of likely N-dealkylation sites (tertiary alicyclic amines) is 1. The van der Waals surface area contributed by atoms with E-state index in [-0.39, 0.29) is 0 Å². The lowest BCUT2D eigenvalue weighted by Crippen LogP contribution is -2.49. The normalized spacial score (nSPS) is 31.7. The number of hydrogen-bond donors (Lipinski definition) is 0. The zero-order valence-electron chi connectivity index (χ0n) is 10.2. The smallest absolute Gasteiger partial charge is 0.133 e. The van der Waals surface area contributed by atoms with Crippen molar-refractivity contribution in [2.24, 2.45) is 23.7 Å². The van der Waals surface area contributed by atoms with E-state index in [1.165, 1.54) is 26.1 Å². The first-order valence-corrected chi connectivity index (χ1v) is 6.30. The second kappa shape index (κ2) is 4.25. The molecule has 0 N–H and O–H groups in total. The minimum absolute atomic E-state index is 0.406. The van der Waals surface area contributed by atoms with Crippen LogP contribution in [0, 0.1) is 23.7 Å². The Balaban J connectivity index is 1.56. The van der Waals surface area contributed by atoms with Crippen molar-refractivity contribution in [3.63, 3.8) is 0 Å². The molecule has 1 aliphatic heterocycles. The Labute approximate surface area is 93.0 Å². The van der Waals surface area contributed by atoms with Gasteiger partial charge < -0.3 is 4.90 Å². The van der Waals surface area contributed by atoms with Crippen molar-refractivity contribution in [2.75, 3.05) is 19.6 Å². The fourth-order valence-electron chi connectivity index (χ4n) is 2.63. The molecule has 2 atom stereocenters. The van der Waals surface area contributed by atoms with Crippen LogP contribution in [0.25, 0.3) is 0 Å². The summed E-state index contributed by atoms with van der Waals surface area (Å²) < 4.78 is 0. The summed E-state index contributed by atoms with van der Waals surface area (Å²) in [6, 6.07) is 0. The van der Waals surface area contributed by atoms with Crippen molar-refractivity contribution in [3.8, 4) is 0 Å². The van der Waals surface area contributed by atoms with Gasteiger partial charge in [0, 0.05) is 19.0 Å². The molecule has 2 nitrogen and oxygen atoms in total. The molecule has 1 aliphatic carbocycles. The molecule has 2 heteroatoms. The van der Waals surface area contributed by atoms with Crippen LogP contribution in [0.3, 0.4) is 0 Å². The van der Waals surface area contributed by atoms with Gasteiger partial charge in [-0.25, -0.2) is 0 Å². The van der Waals surface area contributed by atoms with Crippen molar-refractivity contribution in [1.29, 1.82) is 0 Å². The van der Waals surface area contributed by atoms with Gasteiger partial charge in [0.25, 0.3) is 0 Å². The average molecular weight is 209 g/mol. The van der Waals surface area contributed by atoms with Gasteiger partial charge in [-0.05, 0) is 44.1 Å². The Hall–Kier alpha value is -0.370. The number of Topliss-reactive ketones (excluding diaryl/α,β-unsaturated/α-hetero) is 1. The number of nitrogens with zero attached hydrogens (tertiary/aromatic N) is 1. The van der Waals surface area contributed by atoms with Crippen molar-refractivity contribution < 1.29 is 4.79 Å². The van der Waals surface area contributed by atoms with Gasteiger partial charge in [-0.2, -0.15) is 0 Å². The van der Waals surface area contributed by atoms with Crippen molar-refractivity contribution >= 4 is 5.78 Å². The van der Waals surface area contributed by atoms with Crippen LogP contribution in [-0.4, -0.2) is 30.3 Å². The fourth-order valence-corrected chi connectivity index (χ4v) is 2.63. The highest BCUT2D eigenvalue weighted by atomic mass is 16.1. The molecule has 86 valence electrons. The lowest BCUT2D eigenvalue weighted by Gasteiger charge is -2.41. The average Bonchev–Trinajstić information content (AvgIpc) is 2.79. The van der Waals surface area contributed by atoms with Crippen LogP contribution in [0.15, 0.2) is 0 Å². The lowest BCUT2D eigenvalue weighted by atomic mass is 9.88. The molecular weight excluding hydrogens is 186 g/mol. The third kappa shape index (κ3) is 2.60. The SMILES string of the molecule is CC(=O)[C@@H]1CC1CCN1CC(C(C)C)C1. The molecule has 15 heavy (non-hydrogen) atoms. The molecule has 0 spiro atoms. The molecular formula is C13H23NO. The van der Waals surface area contributed by atoms with Crippen LogP contribution in [0.5, 0.6) is 0 Å². The van der Waals surface area contributed by atoms with Crippen molar-refractivity contribution in [3.05, 3.63) is 0 Å². The highest BCUT2D eigenvalue weighted by Crippen LogP contribution is 2.42. The van der Waals surface area contributed by atoms with Crippen molar-refractivity contribution in [2.45, 2.75) is 33.6 Å². The fraction of sp³-hybridized carbons (Fsp3) is 0.923. The second-order valence-corrected chi connectivity index (χ2v) is 5.77. The van der Waals surface area contributed by atoms with E-state index < -0.39 is 0 Å². The Bertz CT molecular complexity index is 243. The molecule has 1 heterocycles. The van der Waals surface area contributed by atoms with Crippen molar-refractivity contribution in [1.82, 2.24) is 4.90 Å². The summed E-state index contributed by atoms with van der Waals surface area (Å²) in [7, 11) is 0. The molecule has 2 fully saturated rings. The maximum Gasteiger partial charge on any atom is 0.133 e. The molecule has 2 rings (SSSR count). The molecule has 0 aromatic rings. The van der Waals surface area contributed by atoms with Gasteiger partial charge >= 0.3 is 0 Å². The minimum atomic E-state index is 0.406. The van der Waals surface area contributed by atoms with E-state index in [9.17, 15) is 4.79 Å². The zero-order valence-corrected chi connectivity index (χ0v) is 10.2. The summed E-state index contributed by atoms with van der Waals surface area (Å²) in [6.07, 6.45) is 2.41. The molecule has 1 saturated carbocycles. The molecule has 1 unspecified atom stereocenters. The number of carbonyl (C=O) groups excluding carboxylic acids is 1. The van der Waals surface area contributed by atoms with Crippen LogP contribution in [-0.2, 0) is 4.79 Å². The first-order valence-electron chi connectivity index (χ1n) is 6.30. The van der Waals surface area contributed by atoms with Gasteiger partial charge in [0.2, 0.25) is 0 Å². The summed E-state index contributed by atoms with van der Waals surface area (Å²) in [5, 5.41) is 0. The number of ketones is 1. The van der Waals surface area contributed by atoms with Gasteiger partial charge in [0.1, 0.15) is 5.78 Å². The standard InChI is InChI=1S/C13H23NO/c1-9(2)12-7-14(8-12)5-4-11-6-13(11)10(3)15/h9,11-13H,4-8H2,1-3H3/t11?,13-/m0/s1. The van der Waals surface area contributed by atoms with E-state index in [2.05, 4.69) is 18.7 Å². The summed E-state index contributed by atoms with van der Waals surface area (Å²) in [4.78, 5) is 13.6. The van der Waals surface area contributed by atoms with E-state index in [1.54, 1.807) is 6.92 Å². The molecule has 1 saturated heterocycles. The third-order valence-corrected chi connectivity index (χ3v) is 4.19. The quantitative estimate of drug-likeness (QED) is 0.692. The number of hydrogen-bond acceptors (Lipinski definition) is 2. The molecule has 0 aromatic carbocycles. The van der Waals surface area contributed by atoms with Gasteiger partial charge in [-0.1, -0.05) is 13.8 Å². The number of carbonyl (C=O) groups is 1. The minimum Gasteiger partial charge on any atom is -0.303 e. The van der Waals surface area contributed by atoms with Crippen LogP contribution in [0.4, 0.5) is 0 Å². The highest BCUT2D eigenvalue weighted by Gasteiger charge is 2.40. The predicted octanol–water partition coefficient (Wildman–Crippen LogP) is 2.19. The Kier molecular flexibility index (Phi) is 3.15. The first kappa shape index (κ1) is 11.1. The van der Waals surface area contributed by atoms with E-state index in [1.807, 2.05) is 0 Å². The molecule has 2 aliphatic rings. The van der Waals surface area contributed by atoms with E-state index in [4.69, 9.17) is 0 Å². The van der Waals surface area contributed by atoms with E-state index in [0.717, 1.165) is 24.2 Å². The van der Waals surface area contributed by atoms with Gasteiger partial charge in [0.05, 0.1) is 0 Å². The third-order valence-electron chi connectivity index (χ3n) is 4.19. The van der Waals surface area contributed by atoms with E-state index in [0.29, 0.717) is 11.7 Å². The molecule has 0 radical (unpaired) electrons. The van der Waals surface area contributed by atoms with Gasteiger partial charge in [-0.3, -0.25) is 4.79 Å². The zero-order chi connectivity index (χ0) is 11.0. The Morgan fingerprint density at radius 2 is 2.07 bits per heavy atom. The first-order chi connectivity index (χ1) is 7.08. The van der Waals surface area contributed by atoms with Crippen LogP contribution >= 0.6 is 0 Å². The largest absolute Gasteiger partial charge is 0.303 e. The van der Waals surface area contributed by atoms with Gasteiger partial charge in [0.15, 0.2) is 0 Å². The topological polar surface area (TPSA) is 20.3 Å². The summed E-state index contributed by atoms with van der Waals surface area (Å²) >= 11 is 0. The van der Waals surface area contributed by atoms with E-state index >= 15 is 0 Å². The molecule has 0 amide bonds. The number of rotatable bonds is 5. The maximum absolute atomic E-state index is 11.1. The van der Waals surface area contributed by atoms with Crippen LogP contribution in [0.2, 0.25) is 0 Å². The molecule has 0 bridgehead atoms. The van der Waals surface area contributed by atoms with Gasteiger partial charge in [-0.15, -0.1) is 0 Å². The Morgan fingerprint density at radius 1 is 1.40 bits per heavy atom. The maximum atomic E-state index is 11.1. The highest BCUT2D eigenvalue weighted by molar-refractivity contribution is 5.81. The molecule has 0 aromatic heterocycles. The monoisotopic (exact) mass is 209 g/mol. The predicted molar refractivity (Wildman–Crippen MR) is 61.7 cm³/mol. The summed E-state index contributed by atoms with van der Waals surface area (Å²) in [6.45, 7) is 10.2. The lowest BCUT2D eigenvalue weighted by molar-refractivity contribution is -0.118. The van der Waals surface area contributed by atoms with Crippen LogP contribution in [0.1, 0.15) is 33.6 Å². The summed E-state index contributed by atoms with van der Waals surface area (Å²) in [5.74, 6) is 3.32. The second-order valence-electron chi connectivity index (χ2n) is 5.77. The Morgan fingerprint density at radius 3 is 2.53 bits per heavy atom. The van der Waals surface area contributed by atoms with Crippen LogP contribution < -0.4 is 0 Å².